The van der Waals surface area contributed by atoms with Gasteiger partial charge in [0.05, 0.1) is 0 Å². The van der Waals surface area contributed by atoms with E-state index in [-0.39, 0.29) is 0 Å². The van der Waals surface area contributed by atoms with Crippen molar-refractivity contribution in [2.75, 3.05) is 0 Å². The van der Waals surface area contributed by atoms with Gasteiger partial charge in [0.15, 0.2) is 0 Å². The first-order valence-electron chi connectivity index (χ1n) is 5.47. The molecule has 0 saturated carbocycles. The number of primary amides is 1. The van der Waals surface area contributed by atoms with E-state index in [1.807, 2.05) is 56.3 Å². The van der Waals surface area contributed by atoms with Crippen molar-refractivity contribution in [3.63, 3.8) is 0 Å². The first kappa shape index (κ1) is 13.0. The monoisotopic (exact) mass is 227 g/mol. The Morgan fingerprint density at radius 2 is 1.82 bits per heavy atom. The van der Waals surface area contributed by atoms with Crippen molar-refractivity contribution in [3.05, 3.63) is 65.3 Å². The highest BCUT2D eigenvalue weighted by Gasteiger charge is 1.98. The predicted octanol–water partition coefficient (Wildman–Crippen LogP) is 3.08. The number of carbonyl (C=O) groups is 1. The van der Waals surface area contributed by atoms with Gasteiger partial charge < -0.3 is 5.73 Å². The van der Waals surface area contributed by atoms with Gasteiger partial charge >= 0.3 is 0 Å². The van der Waals surface area contributed by atoms with Crippen LogP contribution in [0.15, 0.2) is 59.7 Å². The summed E-state index contributed by atoms with van der Waals surface area (Å²) in [5.74, 6) is -0.413. The molecule has 0 aliphatic heterocycles. The largest absolute Gasteiger partial charge is 0.366 e. The molecule has 2 N–H and O–H groups in total. The van der Waals surface area contributed by atoms with Crippen molar-refractivity contribution in [2.45, 2.75) is 13.8 Å². The van der Waals surface area contributed by atoms with Crippen molar-refractivity contribution in [2.24, 2.45) is 5.73 Å². The van der Waals surface area contributed by atoms with Crippen molar-refractivity contribution < 1.29 is 4.79 Å². The molecule has 0 atom stereocenters. The first-order chi connectivity index (χ1) is 8.09. The number of hydrogen-bond acceptors (Lipinski definition) is 1. The van der Waals surface area contributed by atoms with Crippen LogP contribution in [0.3, 0.4) is 0 Å². The van der Waals surface area contributed by atoms with Crippen LogP contribution < -0.4 is 5.73 Å². The Hall–Kier alpha value is -2.09. The second-order valence-electron chi connectivity index (χ2n) is 3.98. The van der Waals surface area contributed by atoms with E-state index in [9.17, 15) is 4.79 Å². The summed E-state index contributed by atoms with van der Waals surface area (Å²) in [6.07, 6.45) is 7.26. The fourth-order valence-corrected chi connectivity index (χ4v) is 1.34. The fraction of sp³-hybridized carbons (Fsp3) is 0.133. The summed E-state index contributed by atoms with van der Waals surface area (Å²) in [4.78, 5) is 11.2. The fourth-order valence-electron chi connectivity index (χ4n) is 1.34. The summed E-state index contributed by atoms with van der Waals surface area (Å²) in [5, 5.41) is 0. The molecule has 0 spiro atoms. The van der Waals surface area contributed by atoms with E-state index in [4.69, 9.17) is 5.73 Å². The summed E-state index contributed by atoms with van der Waals surface area (Å²) >= 11 is 0. The van der Waals surface area contributed by atoms with Crippen LogP contribution in [0.4, 0.5) is 0 Å². The Bertz CT molecular complexity index is 463. The van der Waals surface area contributed by atoms with E-state index in [0.717, 1.165) is 11.1 Å². The number of carbonyl (C=O) groups excluding carboxylic acids is 1. The summed E-state index contributed by atoms with van der Waals surface area (Å²) < 4.78 is 0. The van der Waals surface area contributed by atoms with Gasteiger partial charge in [-0.05, 0) is 25.5 Å². The highest BCUT2D eigenvalue weighted by molar-refractivity contribution is 5.95. The molecule has 1 aromatic rings. The summed E-state index contributed by atoms with van der Waals surface area (Å²) in [7, 11) is 0. The molecule has 17 heavy (non-hydrogen) atoms. The molecule has 0 aliphatic carbocycles. The molecule has 1 aromatic carbocycles. The van der Waals surface area contributed by atoms with Crippen LogP contribution in [0, 0.1) is 0 Å². The van der Waals surface area contributed by atoms with Crippen molar-refractivity contribution in [3.8, 4) is 0 Å². The normalized spacial score (nSPS) is 11.5. The maximum absolute atomic E-state index is 11.2. The summed E-state index contributed by atoms with van der Waals surface area (Å²) in [5.41, 5.74) is 7.92. The van der Waals surface area contributed by atoms with E-state index in [0.29, 0.717) is 5.57 Å². The molecule has 1 rings (SSSR count). The van der Waals surface area contributed by atoms with Crippen LogP contribution in [0.1, 0.15) is 19.4 Å². The smallest absolute Gasteiger partial charge is 0.248 e. The molecule has 0 aromatic heterocycles. The lowest BCUT2D eigenvalue weighted by Crippen LogP contribution is -2.12. The molecule has 88 valence electrons. The minimum Gasteiger partial charge on any atom is -0.366 e. The van der Waals surface area contributed by atoms with Gasteiger partial charge in [-0.1, -0.05) is 54.1 Å². The maximum Gasteiger partial charge on any atom is 0.248 e. The Balaban J connectivity index is 2.84. The quantitative estimate of drug-likeness (QED) is 0.623. The van der Waals surface area contributed by atoms with Crippen LogP contribution in [0.2, 0.25) is 0 Å². The zero-order valence-corrected chi connectivity index (χ0v) is 10.2. The Kier molecular flexibility index (Phi) is 4.95. The number of rotatable bonds is 4. The van der Waals surface area contributed by atoms with Crippen molar-refractivity contribution in [1.29, 1.82) is 0 Å². The van der Waals surface area contributed by atoms with Crippen LogP contribution >= 0.6 is 0 Å². The highest BCUT2D eigenvalue weighted by atomic mass is 16.1. The Morgan fingerprint density at radius 3 is 2.35 bits per heavy atom. The SMILES string of the molecule is CC(C)=CC(=CC=Cc1ccccc1)C(N)=O. The van der Waals surface area contributed by atoms with Gasteiger partial charge in [0, 0.05) is 5.57 Å². The molecule has 0 saturated heterocycles. The third-order valence-corrected chi connectivity index (χ3v) is 2.09. The number of amides is 1. The number of allylic oxidation sites excluding steroid dienone is 3. The molecule has 2 heteroatoms. The zero-order chi connectivity index (χ0) is 12.7. The van der Waals surface area contributed by atoms with Crippen molar-refractivity contribution in [1.82, 2.24) is 0 Å². The van der Waals surface area contributed by atoms with E-state index >= 15 is 0 Å². The number of nitrogens with two attached hydrogens (primary N) is 1. The first-order valence-corrected chi connectivity index (χ1v) is 5.47. The summed E-state index contributed by atoms with van der Waals surface area (Å²) in [6.45, 7) is 3.86. The second kappa shape index (κ2) is 6.48. The zero-order valence-electron chi connectivity index (χ0n) is 10.2. The molecule has 0 unspecified atom stereocenters. The minimum atomic E-state index is -0.413. The van der Waals surface area contributed by atoms with Crippen LogP contribution in [0.25, 0.3) is 6.08 Å². The molecule has 0 radical (unpaired) electrons. The highest BCUT2D eigenvalue weighted by Crippen LogP contribution is 2.05. The van der Waals surface area contributed by atoms with E-state index in [2.05, 4.69) is 0 Å². The molecule has 0 fully saturated rings. The van der Waals surface area contributed by atoms with Gasteiger partial charge in [-0.15, -0.1) is 0 Å². The van der Waals surface area contributed by atoms with E-state index in [1.54, 1.807) is 12.2 Å². The average Bonchev–Trinajstić information content (AvgIpc) is 2.28. The number of hydrogen-bond donors (Lipinski definition) is 1. The van der Waals surface area contributed by atoms with Crippen molar-refractivity contribution >= 4 is 12.0 Å². The molecule has 0 bridgehead atoms. The molecule has 2 nitrogen and oxygen atoms in total. The van der Waals surface area contributed by atoms with Gasteiger partial charge in [-0.2, -0.15) is 0 Å². The average molecular weight is 227 g/mol. The van der Waals surface area contributed by atoms with Crippen LogP contribution in [-0.4, -0.2) is 5.91 Å². The lowest BCUT2D eigenvalue weighted by molar-refractivity contribution is -0.114. The number of benzene rings is 1. The molecular weight excluding hydrogens is 210 g/mol. The van der Waals surface area contributed by atoms with Gasteiger partial charge in [0.1, 0.15) is 0 Å². The van der Waals surface area contributed by atoms with Gasteiger partial charge in [0.2, 0.25) is 5.91 Å². The van der Waals surface area contributed by atoms with Gasteiger partial charge in [0.25, 0.3) is 0 Å². The molecular formula is C15H17NO. The molecule has 1 amide bonds. The summed E-state index contributed by atoms with van der Waals surface area (Å²) in [6, 6.07) is 9.89. The van der Waals surface area contributed by atoms with Crippen LogP contribution in [-0.2, 0) is 4.79 Å². The van der Waals surface area contributed by atoms with Gasteiger partial charge in [-0.25, -0.2) is 0 Å². The Labute approximate surface area is 102 Å². The topological polar surface area (TPSA) is 43.1 Å². The van der Waals surface area contributed by atoms with Crippen LogP contribution in [0.5, 0.6) is 0 Å². The van der Waals surface area contributed by atoms with E-state index < -0.39 is 5.91 Å². The molecule has 0 heterocycles. The Morgan fingerprint density at radius 1 is 1.18 bits per heavy atom. The third kappa shape index (κ3) is 4.98. The standard InChI is InChI=1S/C15H17NO/c1-12(2)11-14(15(16)17)10-6-9-13-7-4-3-5-8-13/h3-11H,1-2H3,(H2,16,17). The molecule has 0 aliphatic rings. The lowest BCUT2D eigenvalue weighted by Gasteiger charge is -1.95. The lowest BCUT2D eigenvalue weighted by atomic mass is 10.1. The third-order valence-electron chi connectivity index (χ3n) is 2.09. The van der Waals surface area contributed by atoms with Gasteiger partial charge in [-0.3, -0.25) is 4.79 Å². The minimum absolute atomic E-state index is 0.413. The maximum atomic E-state index is 11.2. The van der Waals surface area contributed by atoms with E-state index in [1.165, 1.54) is 0 Å². The predicted molar refractivity (Wildman–Crippen MR) is 72.2 cm³/mol. The second-order valence-corrected chi connectivity index (χ2v) is 3.98.